The van der Waals surface area contributed by atoms with E-state index in [1.54, 1.807) is 11.3 Å². The zero-order valence-electron chi connectivity index (χ0n) is 10.3. The second-order valence-electron chi connectivity index (χ2n) is 4.10. The molecule has 96 valence electrons. The van der Waals surface area contributed by atoms with E-state index in [2.05, 4.69) is 9.88 Å². The largest absolute Gasteiger partial charge is 0.368 e. The van der Waals surface area contributed by atoms with E-state index in [1.165, 1.54) is 4.88 Å². The molecular weight excluding hydrogens is 287 g/mol. The molecule has 0 amide bonds. The first-order valence-electron chi connectivity index (χ1n) is 5.57. The molecule has 2 nitrogen and oxygen atoms in total. The topological polar surface area (TPSA) is 16.1 Å². The number of rotatable bonds is 4. The molecule has 0 aliphatic carbocycles. The van der Waals surface area contributed by atoms with Gasteiger partial charge in [0.1, 0.15) is 0 Å². The Kier molecular flexibility index (Phi) is 4.49. The molecule has 2 aromatic rings. The Morgan fingerprint density at radius 3 is 2.78 bits per heavy atom. The summed E-state index contributed by atoms with van der Waals surface area (Å²) in [6, 6.07) is 5.82. The van der Waals surface area contributed by atoms with Gasteiger partial charge in [0.15, 0.2) is 0 Å². The van der Waals surface area contributed by atoms with Crippen LogP contribution in [0, 0.1) is 6.92 Å². The summed E-state index contributed by atoms with van der Waals surface area (Å²) in [5, 5.41) is 0.734. The van der Waals surface area contributed by atoms with Gasteiger partial charge in [-0.15, -0.1) is 22.9 Å². The second-order valence-corrected chi connectivity index (χ2v) is 5.71. The van der Waals surface area contributed by atoms with Crippen molar-refractivity contribution in [2.75, 3.05) is 11.9 Å². The van der Waals surface area contributed by atoms with Crippen LogP contribution in [0.2, 0.25) is 5.02 Å². The van der Waals surface area contributed by atoms with Gasteiger partial charge < -0.3 is 4.90 Å². The van der Waals surface area contributed by atoms with E-state index in [0.717, 1.165) is 28.5 Å². The van der Waals surface area contributed by atoms with E-state index < -0.39 is 0 Å². The maximum absolute atomic E-state index is 6.27. The zero-order valence-corrected chi connectivity index (χ0v) is 12.6. The number of benzene rings is 1. The van der Waals surface area contributed by atoms with E-state index in [4.69, 9.17) is 23.2 Å². The van der Waals surface area contributed by atoms with Crippen LogP contribution < -0.4 is 4.90 Å². The summed E-state index contributed by atoms with van der Waals surface area (Å²) in [5.74, 6) is 0.460. The average molecular weight is 301 g/mol. The van der Waals surface area contributed by atoms with Crippen molar-refractivity contribution in [3.8, 4) is 0 Å². The Bertz CT molecular complexity index is 540. The molecule has 0 spiro atoms. The molecule has 0 bridgehead atoms. The first-order chi connectivity index (χ1) is 8.63. The van der Waals surface area contributed by atoms with Crippen LogP contribution in [0.15, 0.2) is 23.7 Å². The second kappa shape index (κ2) is 5.91. The highest BCUT2D eigenvalue weighted by atomic mass is 35.5. The lowest BCUT2D eigenvalue weighted by Crippen LogP contribution is -2.18. The molecule has 0 radical (unpaired) electrons. The monoisotopic (exact) mass is 300 g/mol. The van der Waals surface area contributed by atoms with Crippen molar-refractivity contribution in [2.24, 2.45) is 0 Å². The van der Waals surface area contributed by atoms with Gasteiger partial charge >= 0.3 is 0 Å². The van der Waals surface area contributed by atoms with Crippen LogP contribution in [0.1, 0.15) is 16.1 Å². The number of hydrogen-bond acceptors (Lipinski definition) is 3. The van der Waals surface area contributed by atoms with E-state index in [0.29, 0.717) is 5.88 Å². The van der Waals surface area contributed by atoms with Gasteiger partial charge in [-0.1, -0.05) is 23.7 Å². The first kappa shape index (κ1) is 13.7. The van der Waals surface area contributed by atoms with Gasteiger partial charge in [0.2, 0.25) is 0 Å². The minimum Gasteiger partial charge on any atom is -0.368 e. The molecule has 0 atom stereocenters. The highest BCUT2D eigenvalue weighted by molar-refractivity contribution is 7.09. The molecule has 0 N–H and O–H groups in total. The molecule has 2 rings (SSSR count). The van der Waals surface area contributed by atoms with Crippen molar-refractivity contribution in [3.05, 3.63) is 44.9 Å². The van der Waals surface area contributed by atoms with Crippen LogP contribution in [0.4, 0.5) is 5.69 Å². The number of para-hydroxylation sites is 1. The van der Waals surface area contributed by atoms with Gasteiger partial charge in [-0.2, -0.15) is 0 Å². The van der Waals surface area contributed by atoms with E-state index in [9.17, 15) is 0 Å². The number of hydrogen-bond donors (Lipinski definition) is 0. The third-order valence-corrected chi connectivity index (χ3v) is 4.33. The van der Waals surface area contributed by atoms with Gasteiger partial charge in [0, 0.05) is 17.8 Å². The molecule has 18 heavy (non-hydrogen) atoms. The summed E-state index contributed by atoms with van der Waals surface area (Å²) in [6.45, 7) is 2.82. The number of halogens is 2. The molecule has 0 aliphatic heterocycles. The van der Waals surface area contributed by atoms with Gasteiger partial charge in [0.25, 0.3) is 0 Å². The standard InChI is InChI=1S/C13H14Cl2N2S/c1-9-12(18-8-16-9)7-17(2)13-10(6-14)4-3-5-11(13)15/h3-5,8H,6-7H2,1-2H3. The third-order valence-electron chi connectivity index (χ3n) is 2.82. The number of aromatic nitrogens is 1. The number of nitrogens with zero attached hydrogens (tertiary/aromatic N) is 2. The molecular formula is C13H14Cl2N2S. The minimum absolute atomic E-state index is 0.460. The van der Waals surface area contributed by atoms with Crippen molar-refractivity contribution in [3.63, 3.8) is 0 Å². The van der Waals surface area contributed by atoms with Crippen molar-refractivity contribution in [2.45, 2.75) is 19.3 Å². The fourth-order valence-electron chi connectivity index (χ4n) is 1.87. The number of anilines is 1. The van der Waals surface area contributed by atoms with Crippen LogP contribution >= 0.6 is 34.5 Å². The summed E-state index contributed by atoms with van der Waals surface area (Å²) in [6.07, 6.45) is 0. The van der Waals surface area contributed by atoms with Crippen LogP contribution in [0.3, 0.4) is 0 Å². The highest BCUT2D eigenvalue weighted by Crippen LogP contribution is 2.31. The normalized spacial score (nSPS) is 10.7. The van der Waals surface area contributed by atoms with Crippen molar-refractivity contribution < 1.29 is 0 Å². The number of thiazole rings is 1. The predicted molar refractivity (Wildman–Crippen MR) is 80.0 cm³/mol. The van der Waals surface area contributed by atoms with Crippen LogP contribution in [0.5, 0.6) is 0 Å². The molecule has 0 saturated carbocycles. The summed E-state index contributed by atoms with van der Waals surface area (Å²) in [5.41, 5.74) is 5.00. The maximum atomic E-state index is 6.27. The smallest absolute Gasteiger partial charge is 0.0798 e. The quantitative estimate of drug-likeness (QED) is 0.774. The molecule has 0 saturated heterocycles. The Morgan fingerprint density at radius 2 is 2.17 bits per heavy atom. The average Bonchev–Trinajstić information content (AvgIpc) is 2.74. The van der Waals surface area contributed by atoms with Crippen LogP contribution in [-0.4, -0.2) is 12.0 Å². The van der Waals surface area contributed by atoms with Gasteiger partial charge in [-0.05, 0) is 18.6 Å². The number of alkyl halides is 1. The lowest BCUT2D eigenvalue weighted by molar-refractivity contribution is 0.919. The Morgan fingerprint density at radius 1 is 1.39 bits per heavy atom. The van der Waals surface area contributed by atoms with E-state index in [-0.39, 0.29) is 0 Å². The Hall–Kier alpha value is -0.770. The van der Waals surface area contributed by atoms with Crippen LogP contribution in [0.25, 0.3) is 0 Å². The lowest BCUT2D eigenvalue weighted by Gasteiger charge is -2.22. The SMILES string of the molecule is Cc1ncsc1CN(C)c1c(Cl)cccc1CCl. The summed E-state index contributed by atoms with van der Waals surface area (Å²) in [4.78, 5) is 7.63. The molecule has 1 heterocycles. The third kappa shape index (κ3) is 2.79. The van der Waals surface area contributed by atoms with Gasteiger partial charge in [-0.3, -0.25) is 0 Å². The van der Waals surface area contributed by atoms with E-state index in [1.807, 2.05) is 37.7 Å². The van der Waals surface area contributed by atoms with Crippen molar-refractivity contribution in [1.82, 2.24) is 4.98 Å². The van der Waals surface area contributed by atoms with E-state index >= 15 is 0 Å². The fourth-order valence-corrected chi connectivity index (χ4v) is 3.25. The Labute approximate surface area is 121 Å². The van der Waals surface area contributed by atoms with Crippen LogP contribution in [-0.2, 0) is 12.4 Å². The lowest BCUT2D eigenvalue weighted by atomic mass is 10.2. The maximum Gasteiger partial charge on any atom is 0.0798 e. The molecule has 5 heteroatoms. The number of aryl methyl sites for hydroxylation is 1. The van der Waals surface area contributed by atoms with Gasteiger partial charge in [0.05, 0.1) is 28.5 Å². The minimum atomic E-state index is 0.460. The van der Waals surface area contributed by atoms with Gasteiger partial charge in [-0.25, -0.2) is 4.98 Å². The fraction of sp³-hybridized carbons (Fsp3) is 0.308. The predicted octanol–water partition coefficient (Wildman–Crippen LogP) is 4.48. The first-order valence-corrected chi connectivity index (χ1v) is 7.36. The molecule has 1 aromatic heterocycles. The molecule has 0 unspecified atom stereocenters. The Balaban J connectivity index is 2.29. The summed E-state index contributed by atoms with van der Waals surface area (Å²) in [7, 11) is 2.02. The van der Waals surface area contributed by atoms with Crippen molar-refractivity contribution >= 4 is 40.2 Å². The zero-order chi connectivity index (χ0) is 13.1. The molecule has 0 aliphatic rings. The van der Waals surface area contributed by atoms with Crippen molar-refractivity contribution in [1.29, 1.82) is 0 Å². The molecule has 1 aromatic carbocycles. The molecule has 0 fully saturated rings. The summed E-state index contributed by atoms with van der Waals surface area (Å²) >= 11 is 13.9. The summed E-state index contributed by atoms with van der Waals surface area (Å²) < 4.78 is 0. The highest BCUT2D eigenvalue weighted by Gasteiger charge is 2.13.